The minimum absolute atomic E-state index is 0.0813. The molecule has 0 saturated heterocycles. The van der Waals surface area contributed by atoms with Crippen LogP contribution in [0.25, 0.3) is 22.2 Å². The molecule has 0 bridgehead atoms. The van der Waals surface area contributed by atoms with E-state index < -0.39 is 0 Å². The molecule has 0 aliphatic heterocycles. The second-order valence-electron chi connectivity index (χ2n) is 7.90. The molecule has 0 atom stereocenters. The van der Waals surface area contributed by atoms with Crippen LogP contribution in [0.5, 0.6) is 5.75 Å². The molecule has 0 spiro atoms. The van der Waals surface area contributed by atoms with Crippen LogP contribution in [-0.2, 0) is 29.6 Å². The van der Waals surface area contributed by atoms with Crippen LogP contribution in [0.3, 0.4) is 0 Å². The molecule has 0 saturated carbocycles. The first-order chi connectivity index (χ1) is 15.4. The van der Waals surface area contributed by atoms with E-state index in [0.717, 1.165) is 33.4 Å². The second kappa shape index (κ2) is 9.04. The van der Waals surface area contributed by atoms with Crippen LogP contribution < -0.4 is 4.74 Å². The fourth-order valence-corrected chi connectivity index (χ4v) is 3.85. The van der Waals surface area contributed by atoms with Crippen molar-refractivity contribution in [1.82, 2.24) is 19.6 Å². The molecular weight excluding hydrogens is 428 g/mol. The van der Waals surface area contributed by atoms with Crippen LogP contribution in [-0.4, -0.2) is 32.6 Å². The normalized spacial score (nSPS) is 11.3. The third-order valence-electron chi connectivity index (χ3n) is 5.28. The minimum Gasteiger partial charge on any atom is -0.496 e. The Labute approximate surface area is 191 Å². The lowest BCUT2D eigenvalue weighted by Crippen LogP contribution is -2.14. The number of carbonyl (C=O) groups excluding carboxylic acids is 1. The monoisotopic (exact) mass is 452 g/mol. The number of hydrogen-bond donors (Lipinski definition) is 0. The Bertz CT molecular complexity index is 1280. The van der Waals surface area contributed by atoms with Crippen LogP contribution in [0.1, 0.15) is 31.1 Å². The molecule has 0 radical (unpaired) electrons. The zero-order valence-electron chi connectivity index (χ0n) is 18.5. The van der Waals surface area contributed by atoms with E-state index in [1.165, 1.54) is 0 Å². The third-order valence-corrected chi connectivity index (χ3v) is 5.51. The van der Waals surface area contributed by atoms with Gasteiger partial charge >= 0.3 is 5.97 Å². The average molecular weight is 453 g/mol. The number of nitrogens with zero attached hydrogens (tertiary/aromatic N) is 4. The highest BCUT2D eigenvalue weighted by Crippen LogP contribution is 2.32. The molecule has 8 heteroatoms. The Balaban J connectivity index is 1.50. The summed E-state index contributed by atoms with van der Waals surface area (Å²) in [5, 5.41) is 10.5. The number of ether oxygens (including phenoxy) is 2. The zero-order valence-corrected chi connectivity index (χ0v) is 19.3. The first kappa shape index (κ1) is 21.9. The van der Waals surface area contributed by atoms with Gasteiger partial charge in [-0.15, -0.1) is 0 Å². The molecule has 0 aliphatic carbocycles. The molecule has 0 amide bonds. The van der Waals surface area contributed by atoms with Gasteiger partial charge in [0.05, 0.1) is 36.6 Å². The molecule has 166 valence electrons. The highest BCUT2D eigenvalue weighted by Gasteiger charge is 2.18. The summed E-state index contributed by atoms with van der Waals surface area (Å²) in [5.74, 6) is 0.318. The summed E-state index contributed by atoms with van der Waals surface area (Å²) >= 11 is 6.09. The lowest BCUT2D eigenvalue weighted by Gasteiger charge is -2.11. The average Bonchev–Trinajstić information content (AvgIpc) is 3.35. The van der Waals surface area contributed by atoms with E-state index >= 15 is 0 Å². The quantitative estimate of drug-likeness (QED) is 0.370. The van der Waals surface area contributed by atoms with Crippen LogP contribution >= 0.6 is 11.6 Å². The topological polar surface area (TPSA) is 71.2 Å². The van der Waals surface area contributed by atoms with Gasteiger partial charge in [-0.3, -0.25) is 14.2 Å². The number of fused-ring (bicyclic) bond motifs is 1. The maximum Gasteiger partial charge on any atom is 0.312 e. The number of methoxy groups -OCH3 is 1. The molecular formula is C24H25ClN4O3. The number of hydrogen-bond acceptors (Lipinski definition) is 5. The summed E-state index contributed by atoms with van der Waals surface area (Å²) in [6.45, 7) is 4.25. The van der Waals surface area contributed by atoms with Gasteiger partial charge in [0.25, 0.3) is 0 Å². The highest BCUT2D eigenvalue weighted by atomic mass is 35.5. The fraction of sp³-hybridized carbons (Fsp3) is 0.292. The number of carbonyl (C=O) groups is 1. The number of aryl methyl sites for hydroxylation is 1. The van der Waals surface area contributed by atoms with Crippen molar-refractivity contribution in [1.29, 1.82) is 0 Å². The van der Waals surface area contributed by atoms with Crippen LogP contribution in [0.2, 0.25) is 5.02 Å². The number of halogens is 1. The van der Waals surface area contributed by atoms with Crippen molar-refractivity contribution in [3.63, 3.8) is 0 Å². The van der Waals surface area contributed by atoms with Gasteiger partial charge in [0, 0.05) is 29.1 Å². The molecule has 32 heavy (non-hydrogen) atoms. The molecule has 4 rings (SSSR count). The molecule has 0 aliphatic rings. The molecule has 7 nitrogen and oxygen atoms in total. The van der Waals surface area contributed by atoms with Crippen molar-refractivity contribution in [3.05, 3.63) is 64.9 Å². The van der Waals surface area contributed by atoms with Crippen LogP contribution in [0.4, 0.5) is 0 Å². The summed E-state index contributed by atoms with van der Waals surface area (Å²) < 4.78 is 14.7. The lowest BCUT2D eigenvalue weighted by atomic mass is 10.1. The standard InChI is InChI=1S/C24H25ClN4O3/c1-15(2)29-19(11-21(27-29)20-7-6-18(25)10-23(20)31-4)12-24(30)32-14-16-5-8-22-17(9-16)13-26-28(22)3/h5-11,13,15H,12,14H2,1-4H3. The SMILES string of the molecule is COc1cc(Cl)ccc1-c1cc(CC(=O)OCc2ccc3c(cnn3C)c2)n(C(C)C)n1. The summed E-state index contributed by atoms with van der Waals surface area (Å²) in [5.41, 5.74) is 4.27. The van der Waals surface area contributed by atoms with Crippen molar-refractivity contribution < 1.29 is 14.3 Å². The van der Waals surface area contributed by atoms with Crippen molar-refractivity contribution in [2.75, 3.05) is 7.11 Å². The maximum absolute atomic E-state index is 12.6. The molecule has 4 aromatic rings. The van der Waals surface area contributed by atoms with E-state index in [1.807, 2.05) is 60.6 Å². The summed E-state index contributed by atoms with van der Waals surface area (Å²) in [7, 11) is 3.49. The van der Waals surface area contributed by atoms with Gasteiger partial charge in [-0.05, 0) is 55.8 Å². The predicted octanol–water partition coefficient (Wildman–Crippen LogP) is 4.97. The molecule has 0 unspecified atom stereocenters. The summed E-state index contributed by atoms with van der Waals surface area (Å²) in [6.07, 6.45) is 1.92. The smallest absolute Gasteiger partial charge is 0.312 e. The Hall–Kier alpha value is -3.32. The van der Waals surface area contributed by atoms with E-state index in [2.05, 4.69) is 5.10 Å². The van der Waals surface area contributed by atoms with Crippen molar-refractivity contribution in [2.45, 2.75) is 32.9 Å². The highest BCUT2D eigenvalue weighted by molar-refractivity contribution is 6.30. The Morgan fingerprint density at radius 3 is 2.72 bits per heavy atom. The van der Waals surface area contributed by atoms with Gasteiger partial charge < -0.3 is 9.47 Å². The number of aromatic nitrogens is 4. The Morgan fingerprint density at radius 2 is 1.97 bits per heavy atom. The molecule has 2 aromatic carbocycles. The molecule has 2 aromatic heterocycles. The summed E-state index contributed by atoms with van der Waals surface area (Å²) in [6, 6.07) is 13.3. The predicted molar refractivity (Wildman–Crippen MR) is 124 cm³/mol. The molecule has 0 fully saturated rings. The van der Waals surface area contributed by atoms with E-state index in [-0.39, 0.29) is 25.0 Å². The van der Waals surface area contributed by atoms with Crippen LogP contribution in [0, 0.1) is 0 Å². The van der Waals surface area contributed by atoms with E-state index in [1.54, 1.807) is 25.4 Å². The first-order valence-corrected chi connectivity index (χ1v) is 10.7. The van der Waals surface area contributed by atoms with Crippen molar-refractivity contribution in [3.8, 4) is 17.0 Å². The van der Waals surface area contributed by atoms with Gasteiger partial charge in [-0.1, -0.05) is 17.7 Å². The summed E-state index contributed by atoms with van der Waals surface area (Å²) in [4.78, 5) is 12.6. The van der Waals surface area contributed by atoms with Gasteiger partial charge in [0.1, 0.15) is 12.4 Å². The van der Waals surface area contributed by atoms with Gasteiger partial charge in [-0.25, -0.2) is 0 Å². The van der Waals surface area contributed by atoms with Crippen molar-refractivity contribution in [2.24, 2.45) is 7.05 Å². The number of rotatable bonds is 7. The lowest BCUT2D eigenvalue weighted by molar-refractivity contribution is -0.144. The second-order valence-corrected chi connectivity index (χ2v) is 8.34. The van der Waals surface area contributed by atoms with Gasteiger partial charge in [0.15, 0.2) is 0 Å². The van der Waals surface area contributed by atoms with Gasteiger partial charge in [0.2, 0.25) is 0 Å². The Kier molecular flexibility index (Phi) is 6.19. The van der Waals surface area contributed by atoms with Gasteiger partial charge in [-0.2, -0.15) is 10.2 Å². The van der Waals surface area contributed by atoms with Crippen molar-refractivity contribution >= 4 is 28.5 Å². The zero-order chi connectivity index (χ0) is 22.8. The van der Waals surface area contributed by atoms with E-state index in [0.29, 0.717) is 10.8 Å². The first-order valence-electron chi connectivity index (χ1n) is 10.3. The molecule has 0 N–H and O–H groups in total. The Morgan fingerprint density at radius 1 is 1.16 bits per heavy atom. The third kappa shape index (κ3) is 4.48. The number of esters is 1. The fourth-order valence-electron chi connectivity index (χ4n) is 3.69. The largest absolute Gasteiger partial charge is 0.496 e. The minimum atomic E-state index is -0.312. The van der Waals surface area contributed by atoms with Crippen LogP contribution in [0.15, 0.2) is 48.7 Å². The van der Waals surface area contributed by atoms with E-state index in [4.69, 9.17) is 26.2 Å². The molecule has 2 heterocycles. The maximum atomic E-state index is 12.6. The number of benzene rings is 2. The van der Waals surface area contributed by atoms with E-state index in [9.17, 15) is 4.79 Å².